The molecule has 0 amide bonds. The Labute approximate surface area is 126 Å². The van der Waals surface area contributed by atoms with Crippen LogP contribution in [0.5, 0.6) is 0 Å². The fourth-order valence-electron chi connectivity index (χ4n) is 0.608. The second-order valence-corrected chi connectivity index (χ2v) is 5.72. The third-order valence-electron chi connectivity index (χ3n) is 1.37. The van der Waals surface area contributed by atoms with Gasteiger partial charge in [-0.15, -0.1) is 0 Å². The van der Waals surface area contributed by atoms with Crippen LogP contribution in [0.2, 0.25) is 0 Å². The van der Waals surface area contributed by atoms with E-state index in [1.807, 2.05) is 0 Å². The Balaban J connectivity index is -0.00000128. The van der Waals surface area contributed by atoms with Crippen LogP contribution in [0, 0.1) is 0 Å². The normalized spacial score (nSPS) is 14.3. The van der Waals surface area contributed by atoms with Crippen molar-refractivity contribution in [2.75, 3.05) is 0 Å². The van der Waals surface area contributed by atoms with Gasteiger partial charge in [0.05, 0.1) is 0 Å². The average Bonchev–Trinajstić information content (AvgIpc) is 1.95. The zero-order valence-electron chi connectivity index (χ0n) is 9.03. The molecule has 104 valence electrons. The van der Waals surface area contributed by atoms with Gasteiger partial charge in [0, 0.05) is 0 Å². The van der Waals surface area contributed by atoms with Crippen LogP contribution in [0.4, 0.5) is 26.3 Å². The molecule has 0 aliphatic carbocycles. The van der Waals surface area contributed by atoms with Crippen molar-refractivity contribution in [2.24, 2.45) is 0 Å². The Morgan fingerprint density at radius 1 is 0.684 bits per heavy atom. The van der Waals surface area contributed by atoms with Crippen molar-refractivity contribution in [3.63, 3.8) is 0 Å². The van der Waals surface area contributed by atoms with Gasteiger partial charge in [0.2, 0.25) is 0 Å². The minimum absolute atomic E-state index is 0. The SMILES string of the molecule is O=S(=O)([O-])C(F)(C(F)(F)C(F)(F)F)S(=O)(=O)[O-].[Li+].[Li+]. The average molecular weight is 324 g/mol. The number of hydrogen-bond donors (Lipinski definition) is 0. The molecule has 0 spiro atoms. The van der Waals surface area contributed by atoms with Crippen molar-refractivity contribution in [2.45, 2.75) is 16.4 Å². The number of hydrogen-bond acceptors (Lipinski definition) is 6. The van der Waals surface area contributed by atoms with Crippen LogP contribution in [0.3, 0.4) is 0 Å². The van der Waals surface area contributed by atoms with Crippen LogP contribution in [0.1, 0.15) is 0 Å². The molecule has 0 rings (SSSR count). The zero-order chi connectivity index (χ0) is 14.5. The first-order valence-electron chi connectivity index (χ1n) is 3.04. The standard InChI is InChI=1S/C3H2F6O6S2.2Li/c4-1(5,2(6,7)8)3(9,16(10,11)12)17(13,14)15;;/h(H,10,11,12)(H,13,14,15);;/q;2*+1/p-2. The first-order valence-corrected chi connectivity index (χ1v) is 5.86. The molecule has 0 aromatic heterocycles. The molecule has 0 heterocycles. The van der Waals surface area contributed by atoms with Crippen LogP contribution in [0.15, 0.2) is 0 Å². The van der Waals surface area contributed by atoms with Gasteiger partial charge >= 0.3 is 54.2 Å². The molecular formula is C3F6Li2O6S2. The predicted molar refractivity (Wildman–Crippen MR) is 34.2 cm³/mol. The summed E-state index contributed by atoms with van der Waals surface area (Å²) in [6.07, 6.45) is -7.07. The maximum Gasteiger partial charge on any atom is 1.00 e. The van der Waals surface area contributed by atoms with E-state index in [4.69, 9.17) is 0 Å². The Hall–Kier alpha value is 0.595. The molecule has 0 saturated carbocycles. The monoisotopic (exact) mass is 324 g/mol. The van der Waals surface area contributed by atoms with E-state index in [9.17, 15) is 52.3 Å². The molecule has 0 bridgehead atoms. The number of alkyl halides is 6. The van der Waals surface area contributed by atoms with Gasteiger partial charge in [0.15, 0.2) is 20.2 Å². The van der Waals surface area contributed by atoms with Crippen LogP contribution in [0.25, 0.3) is 0 Å². The summed E-state index contributed by atoms with van der Waals surface area (Å²) in [5.74, 6) is -7.21. The Kier molecular flexibility index (Phi) is 7.96. The molecule has 6 nitrogen and oxygen atoms in total. The summed E-state index contributed by atoms with van der Waals surface area (Å²) in [5, 5.41) is 0. The predicted octanol–water partition coefficient (Wildman–Crippen LogP) is -6.09. The van der Waals surface area contributed by atoms with Gasteiger partial charge in [-0.25, -0.2) is 21.2 Å². The van der Waals surface area contributed by atoms with Gasteiger partial charge in [-0.1, -0.05) is 0 Å². The van der Waals surface area contributed by atoms with Crippen molar-refractivity contribution in [1.82, 2.24) is 0 Å². The van der Waals surface area contributed by atoms with E-state index in [-0.39, 0.29) is 37.7 Å². The summed E-state index contributed by atoms with van der Waals surface area (Å²) in [5.41, 5.74) is 0. The molecule has 0 aliphatic rings. The van der Waals surface area contributed by atoms with E-state index >= 15 is 0 Å². The van der Waals surface area contributed by atoms with Crippen LogP contribution < -0.4 is 37.7 Å². The molecule has 0 atom stereocenters. The van der Waals surface area contributed by atoms with Crippen LogP contribution in [-0.4, -0.2) is 42.4 Å². The van der Waals surface area contributed by atoms with Gasteiger partial charge in [0.25, 0.3) is 0 Å². The molecule has 16 heteroatoms. The molecule has 0 N–H and O–H groups in total. The smallest absolute Gasteiger partial charge is 0.744 e. The van der Waals surface area contributed by atoms with Crippen LogP contribution in [-0.2, 0) is 20.2 Å². The molecule has 0 aromatic carbocycles. The second-order valence-electron chi connectivity index (χ2n) is 2.52. The fourth-order valence-corrected chi connectivity index (χ4v) is 2.47. The zero-order valence-corrected chi connectivity index (χ0v) is 10.7. The fraction of sp³-hybridized carbons (Fsp3) is 1.00. The molecule has 0 aromatic rings. The van der Waals surface area contributed by atoms with Crippen molar-refractivity contribution in [3.8, 4) is 0 Å². The second kappa shape index (κ2) is 6.15. The van der Waals surface area contributed by atoms with E-state index < -0.39 is 36.7 Å². The van der Waals surface area contributed by atoms with Gasteiger partial charge < -0.3 is 9.11 Å². The largest absolute Gasteiger partial charge is 1.00 e. The van der Waals surface area contributed by atoms with Crippen molar-refractivity contribution in [3.05, 3.63) is 0 Å². The van der Waals surface area contributed by atoms with Gasteiger partial charge in [0.1, 0.15) is 0 Å². The number of halogens is 6. The van der Waals surface area contributed by atoms with E-state index in [1.54, 1.807) is 0 Å². The van der Waals surface area contributed by atoms with Gasteiger partial charge in [-0.05, 0) is 0 Å². The quantitative estimate of drug-likeness (QED) is 0.290. The first kappa shape index (κ1) is 24.6. The minimum Gasteiger partial charge on any atom is -0.744 e. The Morgan fingerprint density at radius 2 is 0.895 bits per heavy atom. The third kappa shape index (κ3) is 3.82. The topological polar surface area (TPSA) is 114 Å². The Bertz CT molecular complexity index is 478. The molecule has 0 aliphatic heterocycles. The number of rotatable bonds is 3. The van der Waals surface area contributed by atoms with E-state index in [1.165, 1.54) is 0 Å². The van der Waals surface area contributed by atoms with Crippen LogP contribution >= 0.6 is 0 Å². The van der Waals surface area contributed by atoms with Crippen molar-refractivity contribution >= 4 is 20.2 Å². The summed E-state index contributed by atoms with van der Waals surface area (Å²) >= 11 is 0. The van der Waals surface area contributed by atoms with Gasteiger partial charge in [-0.2, -0.15) is 22.0 Å². The third-order valence-corrected chi connectivity index (χ3v) is 4.40. The minimum atomic E-state index is -7.45. The van der Waals surface area contributed by atoms with Crippen molar-refractivity contribution in [1.29, 1.82) is 0 Å². The van der Waals surface area contributed by atoms with E-state index in [0.29, 0.717) is 0 Å². The van der Waals surface area contributed by atoms with Crippen molar-refractivity contribution < 1.29 is 90.0 Å². The maximum atomic E-state index is 12.8. The molecule has 0 fully saturated rings. The molecule has 19 heavy (non-hydrogen) atoms. The van der Waals surface area contributed by atoms with Gasteiger partial charge in [-0.3, -0.25) is 0 Å². The maximum absolute atomic E-state index is 12.8. The molecule has 0 saturated heterocycles. The Morgan fingerprint density at radius 3 is 0.947 bits per heavy atom. The van der Waals surface area contributed by atoms with E-state index in [0.717, 1.165) is 0 Å². The summed E-state index contributed by atoms with van der Waals surface area (Å²) in [6.45, 7) is 0. The molecular weight excluding hydrogens is 324 g/mol. The molecule has 0 radical (unpaired) electrons. The summed E-state index contributed by atoms with van der Waals surface area (Å²) in [4.78, 5) is 0. The first-order chi connectivity index (χ1) is 7.00. The van der Waals surface area contributed by atoms with E-state index in [2.05, 4.69) is 0 Å². The molecule has 0 unspecified atom stereocenters. The summed E-state index contributed by atoms with van der Waals surface area (Å²) in [7, 11) is -14.9. The summed E-state index contributed by atoms with van der Waals surface area (Å²) in [6, 6.07) is 0. The summed E-state index contributed by atoms with van der Waals surface area (Å²) < 4.78 is 125.